The van der Waals surface area contributed by atoms with Crippen LogP contribution in [0.5, 0.6) is 5.75 Å². The lowest BCUT2D eigenvalue weighted by molar-refractivity contribution is 0.0267. The summed E-state index contributed by atoms with van der Waals surface area (Å²) in [5, 5.41) is 15.4. The van der Waals surface area contributed by atoms with Crippen molar-refractivity contribution in [3.8, 4) is 5.75 Å². The Kier molecular flexibility index (Phi) is 3.57. The van der Waals surface area contributed by atoms with Gasteiger partial charge in [0.2, 0.25) is 0 Å². The number of hydrogen-bond acceptors (Lipinski definition) is 4. The van der Waals surface area contributed by atoms with Crippen molar-refractivity contribution in [3.05, 3.63) is 41.0 Å². The largest absolute Gasteiger partial charge is 0.393 e. The molecule has 3 aliphatic rings. The maximum atomic E-state index is 11.1. The third-order valence-corrected chi connectivity index (χ3v) is 6.75. The third kappa shape index (κ3) is 2.48. The topological polar surface area (TPSA) is 89.6 Å². The molecule has 2 saturated carbocycles. The van der Waals surface area contributed by atoms with Crippen LogP contribution in [-0.2, 0) is 16.7 Å². The third-order valence-electron chi connectivity index (χ3n) is 6.32. The van der Waals surface area contributed by atoms with E-state index in [0.29, 0.717) is 11.8 Å². The molecule has 2 fully saturated rings. The van der Waals surface area contributed by atoms with Crippen LogP contribution in [0.2, 0.25) is 0 Å². The molecule has 0 amide bonds. The van der Waals surface area contributed by atoms with E-state index in [1.165, 1.54) is 11.1 Å². The van der Waals surface area contributed by atoms with Crippen molar-refractivity contribution < 1.29 is 17.7 Å². The summed E-state index contributed by atoms with van der Waals surface area (Å²) >= 11 is 0. The smallest absolute Gasteiger partial charge is 0.380 e. The first-order valence-electron chi connectivity index (χ1n) is 8.51. The van der Waals surface area contributed by atoms with Gasteiger partial charge in [-0.25, -0.2) is 0 Å². The Labute approximate surface area is 142 Å². The van der Waals surface area contributed by atoms with Crippen molar-refractivity contribution in [2.75, 3.05) is 0 Å². The summed E-state index contributed by atoms with van der Waals surface area (Å²) in [6, 6.07) is 5.44. The SMILES string of the molecule is C[C@]12CC[C@H]3C(=CCc4cc(OS(N)(=O)=O)ccc43)[C@@H]1CCC2O. The number of rotatable bonds is 2. The molecule has 0 aliphatic heterocycles. The van der Waals surface area contributed by atoms with Crippen LogP contribution in [0.25, 0.3) is 0 Å². The lowest BCUT2D eigenvalue weighted by Gasteiger charge is -2.46. The van der Waals surface area contributed by atoms with E-state index in [4.69, 9.17) is 9.32 Å². The Morgan fingerprint density at radius 3 is 2.83 bits per heavy atom. The molecular formula is C18H23NO4S. The Morgan fingerprint density at radius 2 is 2.08 bits per heavy atom. The van der Waals surface area contributed by atoms with E-state index in [9.17, 15) is 13.5 Å². The van der Waals surface area contributed by atoms with Crippen LogP contribution in [-0.4, -0.2) is 19.6 Å². The van der Waals surface area contributed by atoms with Crippen LogP contribution in [0, 0.1) is 11.3 Å². The number of nitrogens with two attached hydrogens (primary N) is 1. The van der Waals surface area contributed by atoms with Gasteiger partial charge < -0.3 is 9.29 Å². The van der Waals surface area contributed by atoms with Crippen molar-refractivity contribution in [1.82, 2.24) is 0 Å². The van der Waals surface area contributed by atoms with Gasteiger partial charge in [0.1, 0.15) is 5.75 Å². The molecular weight excluding hydrogens is 326 g/mol. The standard InChI is InChI=1S/C18H23NO4S/c1-18-9-8-14-13-5-3-12(23-24(19,21)22)10-11(13)2-4-15(14)16(18)6-7-17(18)20/h3-5,10,14,16-17,20H,2,6-9H2,1H3,(H2,19,21,22)/t14-,16+,17?,18+/m1/s1. The maximum Gasteiger partial charge on any atom is 0.380 e. The highest BCUT2D eigenvalue weighted by Gasteiger charge is 2.51. The summed E-state index contributed by atoms with van der Waals surface area (Å²) in [4.78, 5) is 0. The summed E-state index contributed by atoms with van der Waals surface area (Å²) < 4.78 is 27.0. The van der Waals surface area contributed by atoms with Crippen LogP contribution in [0.1, 0.15) is 49.7 Å². The molecule has 130 valence electrons. The lowest BCUT2D eigenvalue weighted by atomic mass is 9.59. The molecule has 0 bridgehead atoms. The molecule has 4 atom stereocenters. The molecule has 0 aromatic heterocycles. The van der Waals surface area contributed by atoms with E-state index in [2.05, 4.69) is 13.0 Å². The minimum atomic E-state index is -4.00. The quantitative estimate of drug-likeness (QED) is 0.802. The molecule has 1 unspecified atom stereocenters. The van der Waals surface area contributed by atoms with Crippen LogP contribution in [0.15, 0.2) is 29.8 Å². The van der Waals surface area contributed by atoms with E-state index in [1.807, 2.05) is 6.07 Å². The Morgan fingerprint density at radius 1 is 1.29 bits per heavy atom. The molecule has 24 heavy (non-hydrogen) atoms. The zero-order valence-corrected chi connectivity index (χ0v) is 14.6. The van der Waals surface area contributed by atoms with Gasteiger partial charge in [0, 0.05) is 11.3 Å². The summed E-state index contributed by atoms with van der Waals surface area (Å²) in [6.45, 7) is 2.23. The number of hydrogen-bond donors (Lipinski definition) is 2. The van der Waals surface area contributed by atoms with Crippen molar-refractivity contribution in [2.24, 2.45) is 16.5 Å². The van der Waals surface area contributed by atoms with Gasteiger partial charge in [-0.1, -0.05) is 24.6 Å². The average molecular weight is 349 g/mol. The first kappa shape index (κ1) is 16.1. The van der Waals surface area contributed by atoms with E-state index in [0.717, 1.165) is 37.7 Å². The predicted octanol–water partition coefficient (Wildman–Crippen LogP) is 2.41. The van der Waals surface area contributed by atoms with E-state index < -0.39 is 10.3 Å². The second-order valence-corrected chi connectivity index (χ2v) is 8.74. The van der Waals surface area contributed by atoms with Crippen LogP contribution >= 0.6 is 0 Å². The highest BCUT2D eigenvalue weighted by Crippen LogP contribution is 2.59. The molecule has 5 nitrogen and oxygen atoms in total. The Hall–Kier alpha value is -1.37. The van der Waals surface area contributed by atoms with Crippen molar-refractivity contribution >= 4 is 10.3 Å². The lowest BCUT2D eigenvalue weighted by Crippen LogP contribution is -2.39. The fourth-order valence-corrected chi connectivity index (χ4v) is 5.47. The summed E-state index contributed by atoms with van der Waals surface area (Å²) in [6.07, 6.45) is 6.85. The normalized spacial score (nSPS) is 34.8. The number of aliphatic hydroxyl groups excluding tert-OH is 1. The van der Waals surface area contributed by atoms with Crippen LogP contribution in [0.3, 0.4) is 0 Å². The van der Waals surface area contributed by atoms with Gasteiger partial charge in [-0.15, -0.1) is 0 Å². The van der Waals surface area contributed by atoms with Crippen LogP contribution in [0.4, 0.5) is 0 Å². The van der Waals surface area contributed by atoms with Crippen molar-refractivity contribution in [3.63, 3.8) is 0 Å². The van der Waals surface area contributed by atoms with Gasteiger partial charge in [0.25, 0.3) is 0 Å². The zero-order chi connectivity index (χ0) is 17.1. The first-order chi connectivity index (χ1) is 11.3. The fourth-order valence-electron chi connectivity index (χ4n) is 5.10. The zero-order valence-electron chi connectivity index (χ0n) is 13.7. The molecule has 1 aromatic carbocycles. The Balaban J connectivity index is 1.67. The molecule has 0 saturated heterocycles. The van der Waals surface area contributed by atoms with Crippen molar-refractivity contribution in [1.29, 1.82) is 0 Å². The fraction of sp³-hybridized carbons (Fsp3) is 0.556. The van der Waals surface area contributed by atoms with E-state index in [1.54, 1.807) is 12.1 Å². The highest BCUT2D eigenvalue weighted by atomic mass is 32.2. The predicted molar refractivity (Wildman–Crippen MR) is 90.8 cm³/mol. The molecule has 3 aliphatic carbocycles. The monoisotopic (exact) mass is 349 g/mol. The van der Waals surface area contributed by atoms with Gasteiger partial charge in [-0.05, 0) is 61.3 Å². The second-order valence-electron chi connectivity index (χ2n) is 7.59. The highest BCUT2D eigenvalue weighted by molar-refractivity contribution is 7.84. The van der Waals surface area contributed by atoms with Gasteiger partial charge in [-0.3, -0.25) is 0 Å². The van der Waals surface area contributed by atoms with Gasteiger partial charge in [0.05, 0.1) is 6.10 Å². The van der Waals surface area contributed by atoms with Crippen LogP contribution < -0.4 is 9.32 Å². The average Bonchev–Trinajstić information content (AvgIpc) is 2.81. The minimum Gasteiger partial charge on any atom is -0.393 e. The maximum absolute atomic E-state index is 11.1. The first-order valence-corrected chi connectivity index (χ1v) is 9.98. The summed E-state index contributed by atoms with van der Waals surface area (Å²) in [7, 11) is -4.00. The van der Waals surface area contributed by atoms with Gasteiger partial charge >= 0.3 is 10.3 Å². The summed E-state index contributed by atoms with van der Waals surface area (Å²) in [5.74, 6) is 1.10. The molecule has 6 heteroatoms. The van der Waals surface area contributed by atoms with Gasteiger partial charge in [0.15, 0.2) is 0 Å². The van der Waals surface area contributed by atoms with Crippen molar-refractivity contribution in [2.45, 2.75) is 51.0 Å². The number of allylic oxidation sites excluding steroid dienone is 2. The minimum absolute atomic E-state index is 0.0104. The molecule has 3 N–H and O–H groups in total. The van der Waals surface area contributed by atoms with Gasteiger partial charge in [-0.2, -0.15) is 13.6 Å². The molecule has 0 radical (unpaired) electrons. The molecule has 0 spiro atoms. The Bertz CT molecular complexity index is 816. The summed E-state index contributed by atoms with van der Waals surface area (Å²) in [5.41, 5.74) is 3.84. The molecule has 1 aromatic rings. The second kappa shape index (κ2) is 5.31. The number of aliphatic hydroxyl groups is 1. The molecule has 0 heterocycles. The molecule has 4 rings (SSSR count). The number of benzene rings is 1. The number of fused-ring (bicyclic) bond motifs is 5. The van der Waals surface area contributed by atoms with E-state index >= 15 is 0 Å². The van der Waals surface area contributed by atoms with E-state index in [-0.39, 0.29) is 17.3 Å².